The van der Waals surface area contributed by atoms with Gasteiger partial charge in [0.05, 0.1) is 17.1 Å². The Morgan fingerprint density at radius 1 is 1.20 bits per heavy atom. The molecule has 2 N–H and O–H groups in total. The maximum absolute atomic E-state index is 13.2. The Kier molecular flexibility index (Phi) is 6.71. The SMILES string of the molecule is C[C@H]1CN(S(=O)(=O)c2ccc(OCc3ccc(F)cc3)cc2)[C@@H](C(=O)NO)[C@@H](C)O1. The molecule has 0 radical (unpaired) electrons. The molecule has 1 aliphatic rings. The van der Waals surface area contributed by atoms with E-state index < -0.39 is 34.2 Å². The third kappa shape index (κ3) is 4.78. The topological polar surface area (TPSA) is 105 Å². The van der Waals surface area contributed by atoms with Gasteiger partial charge in [0.2, 0.25) is 10.0 Å². The number of nitrogens with zero attached hydrogens (tertiary/aromatic N) is 1. The molecule has 0 aliphatic carbocycles. The van der Waals surface area contributed by atoms with Crippen molar-refractivity contribution >= 4 is 15.9 Å². The second-order valence-electron chi connectivity index (χ2n) is 7.03. The summed E-state index contributed by atoms with van der Waals surface area (Å²) >= 11 is 0. The van der Waals surface area contributed by atoms with Crippen molar-refractivity contribution < 1.29 is 32.3 Å². The van der Waals surface area contributed by atoms with Crippen molar-refractivity contribution in [1.29, 1.82) is 0 Å². The van der Waals surface area contributed by atoms with Crippen LogP contribution in [0.15, 0.2) is 53.4 Å². The first-order valence-electron chi connectivity index (χ1n) is 9.31. The fourth-order valence-electron chi connectivity index (χ4n) is 3.33. The summed E-state index contributed by atoms with van der Waals surface area (Å²) in [5, 5.41) is 9.02. The summed E-state index contributed by atoms with van der Waals surface area (Å²) in [6.07, 6.45) is -1.16. The van der Waals surface area contributed by atoms with Crippen molar-refractivity contribution in [3.05, 3.63) is 59.9 Å². The highest BCUT2D eigenvalue weighted by atomic mass is 32.2. The van der Waals surface area contributed by atoms with E-state index in [1.54, 1.807) is 26.0 Å². The first-order valence-corrected chi connectivity index (χ1v) is 10.7. The second-order valence-corrected chi connectivity index (χ2v) is 8.92. The number of carbonyl (C=O) groups excluding carboxylic acids is 1. The molecule has 1 fully saturated rings. The standard InChI is InChI=1S/C20H23FN2O6S/c1-13-11-23(19(14(2)29-13)20(24)22-25)30(26,27)18-9-7-17(8-10-18)28-12-15-3-5-16(21)6-4-15/h3-10,13-14,19,25H,11-12H2,1-2H3,(H,22,24)/t13-,14+,19+/m0/s1. The van der Waals surface area contributed by atoms with Crippen LogP contribution in [0.2, 0.25) is 0 Å². The number of hydroxylamine groups is 1. The van der Waals surface area contributed by atoms with Crippen LogP contribution >= 0.6 is 0 Å². The number of carbonyl (C=O) groups is 1. The summed E-state index contributed by atoms with van der Waals surface area (Å²) in [4.78, 5) is 12.1. The zero-order valence-corrected chi connectivity index (χ0v) is 17.3. The maximum atomic E-state index is 13.2. The van der Waals surface area contributed by atoms with E-state index in [0.717, 1.165) is 9.87 Å². The molecule has 0 unspecified atom stereocenters. The fourth-order valence-corrected chi connectivity index (χ4v) is 5.06. The number of rotatable bonds is 6. The van der Waals surface area contributed by atoms with Gasteiger partial charge in [-0.05, 0) is 55.8 Å². The van der Waals surface area contributed by atoms with Gasteiger partial charge in [-0.15, -0.1) is 0 Å². The Labute approximate surface area is 174 Å². The average Bonchev–Trinajstić information content (AvgIpc) is 2.72. The summed E-state index contributed by atoms with van der Waals surface area (Å²) in [6.45, 7) is 3.44. The number of nitrogens with one attached hydrogen (secondary N) is 1. The Morgan fingerprint density at radius 3 is 2.43 bits per heavy atom. The minimum atomic E-state index is -4.04. The molecule has 1 aliphatic heterocycles. The molecular formula is C20H23FN2O6S. The molecule has 1 heterocycles. The Balaban J connectivity index is 1.77. The molecule has 2 aromatic rings. The van der Waals surface area contributed by atoms with Crippen LogP contribution in [0.5, 0.6) is 5.75 Å². The maximum Gasteiger partial charge on any atom is 0.264 e. The minimum absolute atomic E-state index is 0.0197. The molecule has 1 amide bonds. The van der Waals surface area contributed by atoms with Crippen LogP contribution in [0, 0.1) is 5.82 Å². The third-order valence-corrected chi connectivity index (χ3v) is 6.63. The number of hydrogen-bond acceptors (Lipinski definition) is 6. The van der Waals surface area contributed by atoms with E-state index in [1.165, 1.54) is 41.9 Å². The predicted octanol–water partition coefficient (Wildman–Crippen LogP) is 2.08. The largest absolute Gasteiger partial charge is 0.489 e. The van der Waals surface area contributed by atoms with E-state index in [2.05, 4.69) is 0 Å². The van der Waals surface area contributed by atoms with Gasteiger partial charge in [-0.3, -0.25) is 10.0 Å². The Morgan fingerprint density at radius 2 is 1.83 bits per heavy atom. The van der Waals surface area contributed by atoms with E-state index in [9.17, 15) is 17.6 Å². The molecule has 0 aromatic heterocycles. The van der Waals surface area contributed by atoms with Gasteiger partial charge >= 0.3 is 0 Å². The first kappa shape index (κ1) is 22.2. The molecule has 0 spiro atoms. The highest BCUT2D eigenvalue weighted by molar-refractivity contribution is 7.89. The summed E-state index contributed by atoms with van der Waals surface area (Å²) in [7, 11) is -4.04. The minimum Gasteiger partial charge on any atom is -0.489 e. The lowest BCUT2D eigenvalue weighted by atomic mass is 10.1. The molecular weight excluding hydrogens is 415 g/mol. The van der Waals surface area contributed by atoms with E-state index in [0.29, 0.717) is 5.75 Å². The highest BCUT2D eigenvalue weighted by Crippen LogP contribution is 2.27. The van der Waals surface area contributed by atoms with Crippen molar-refractivity contribution in [3.8, 4) is 5.75 Å². The lowest BCUT2D eigenvalue weighted by Crippen LogP contribution is -2.60. The number of amides is 1. The lowest BCUT2D eigenvalue weighted by Gasteiger charge is -2.40. The van der Waals surface area contributed by atoms with Gasteiger partial charge in [-0.25, -0.2) is 18.3 Å². The van der Waals surface area contributed by atoms with Crippen LogP contribution in [-0.4, -0.2) is 48.6 Å². The molecule has 10 heteroatoms. The van der Waals surface area contributed by atoms with Crippen molar-refractivity contribution in [2.45, 2.75) is 43.6 Å². The molecule has 2 aromatic carbocycles. The highest BCUT2D eigenvalue weighted by Gasteiger charge is 2.44. The molecule has 0 saturated carbocycles. The van der Waals surface area contributed by atoms with Crippen molar-refractivity contribution in [2.75, 3.05) is 6.54 Å². The van der Waals surface area contributed by atoms with Gasteiger partial charge in [0.25, 0.3) is 5.91 Å². The number of hydrogen-bond donors (Lipinski definition) is 2. The van der Waals surface area contributed by atoms with E-state index >= 15 is 0 Å². The molecule has 8 nitrogen and oxygen atoms in total. The van der Waals surface area contributed by atoms with Crippen LogP contribution in [0.25, 0.3) is 0 Å². The van der Waals surface area contributed by atoms with Gasteiger partial charge < -0.3 is 9.47 Å². The summed E-state index contributed by atoms with van der Waals surface area (Å²) in [6, 6.07) is 10.4. The van der Waals surface area contributed by atoms with Crippen LogP contribution in [0.4, 0.5) is 4.39 Å². The zero-order chi connectivity index (χ0) is 21.9. The van der Waals surface area contributed by atoms with Crippen LogP contribution in [-0.2, 0) is 26.2 Å². The normalized spacial score (nSPS) is 22.5. The zero-order valence-electron chi connectivity index (χ0n) is 16.5. The number of ether oxygens (including phenoxy) is 2. The Hall–Kier alpha value is -2.53. The summed E-state index contributed by atoms with van der Waals surface area (Å²) in [5.74, 6) is -0.767. The Bertz CT molecular complexity index is 981. The first-order chi connectivity index (χ1) is 14.2. The van der Waals surface area contributed by atoms with E-state index in [-0.39, 0.29) is 23.9 Å². The van der Waals surface area contributed by atoms with Crippen LogP contribution in [0.1, 0.15) is 19.4 Å². The number of halogens is 1. The third-order valence-electron chi connectivity index (χ3n) is 4.77. The van der Waals surface area contributed by atoms with Gasteiger partial charge in [-0.1, -0.05) is 12.1 Å². The number of morpholine rings is 1. The smallest absolute Gasteiger partial charge is 0.264 e. The predicted molar refractivity (Wildman–Crippen MR) is 105 cm³/mol. The molecule has 3 atom stereocenters. The van der Waals surface area contributed by atoms with Crippen molar-refractivity contribution in [1.82, 2.24) is 9.79 Å². The average molecular weight is 438 g/mol. The monoisotopic (exact) mass is 438 g/mol. The quantitative estimate of drug-likeness (QED) is 0.529. The number of benzene rings is 2. The summed E-state index contributed by atoms with van der Waals surface area (Å²) in [5.41, 5.74) is 2.28. The second kappa shape index (κ2) is 9.09. The van der Waals surface area contributed by atoms with Crippen molar-refractivity contribution in [2.24, 2.45) is 0 Å². The summed E-state index contributed by atoms with van der Waals surface area (Å²) < 4.78 is 51.5. The molecule has 30 heavy (non-hydrogen) atoms. The van der Waals surface area contributed by atoms with Gasteiger partial charge in [0.1, 0.15) is 24.2 Å². The molecule has 0 bridgehead atoms. The van der Waals surface area contributed by atoms with Crippen LogP contribution < -0.4 is 10.2 Å². The van der Waals surface area contributed by atoms with Gasteiger partial charge in [0.15, 0.2) is 0 Å². The van der Waals surface area contributed by atoms with Gasteiger partial charge in [0, 0.05) is 6.54 Å². The van der Waals surface area contributed by atoms with Gasteiger partial charge in [-0.2, -0.15) is 4.31 Å². The van der Waals surface area contributed by atoms with E-state index in [1.807, 2.05) is 0 Å². The van der Waals surface area contributed by atoms with E-state index in [4.69, 9.17) is 14.7 Å². The fraction of sp³-hybridized carbons (Fsp3) is 0.350. The number of sulfonamides is 1. The molecule has 1 saturated heterocycles. The lowest BCUT2D eigenvalue weighted by molar-refractivity contribution is -0.146. The van der Waals surface area contributed by atoms with Crippen molar-refractivity contribution in [3.63, 3.8) is 0 Å². The van der Waals surface area contributed by atoms with Crippen LogP contribution in [0.3, 0.4) is 0 Å². The molecule has 162 valence electrons. The molecule has 3 rings (SSSR count).